The van der Waals surface area contributed by atoms with Crippen LogP contribution in [-0.2, 0) is 24.0 Å². The molecule has 164 valence electrons. The highest BCUT2D eigenvalue weighted by Crippen LogP contribution is 2.23. The first-order valence-electron chi connectivity index (χ1n) is 10.4. The molecule has 0 saturated heterocycles. The molecule has 1 aromatic heterocycles. The van der Waals surface area contributed by atoms with E-state index < -0.39 is 5.69 Å². The van der Waals surface area contributed by atoms with Crippen LogP contribution >= 0.6 is 0 Å². The Balaban J connectivity index is 1.62. The molecule has 0 bridgehead atoms. The van der Waals surface area contributed by atoms with Gasteiger partial charge < -0.3 is 9.47 Å². The highest BCUT2D eigenvalue weighted by Gasteiger charge is 2.14. The summed E-state index contributed by atoms with van der Waals surface area (Å²) >= 11 is 0. The second-order valence-corrected chi connectivity index (χ2v) is 9.71. The van der Waals surface area contributed by atoms with Crippen LogP contribution in [0.25, 0.3) is 0 Å². The molecule has 3 aromatic rings. The molecule has 6 nitrogen and oxygen atoms in total. The maximum absolute atomic E-state index is 11.9. The molecule has 0 aliphatic rings. The van der Waals surface area contributed by atoms with Crippen molar-refractivity contribution >= 4 is 0 Å². The fraction of sp³-hybridized carbons (Fsp3) is 0.400. The molecule has 31 heavy (non-hydrogen) atoms. The zero-order chi connectivity index (χ0) is 22.6. The summed E-state index contributed by atoms with van der Waals surface area (Å²) in [5.74, 6) is 0. The van der Waals surface area contributed by atoms with Gasteiger partial charge in [0.05, 0.1) is 0 Å². The Morgan fingerprint density at radius 1 is 0.710 bits per heavy atom. The zero-order valence-electron chi connectivity index (χ0n) is 19.2. The van der Waals surface area contributed by atoms with Gasteiger partial charge in [-0.3, -0.25) is 4.98 Å². The molecule has 1 heterocycles. The van der Waals surface area contributed by atoms with Gasteiger partial charge >= 0.3 is 17.7 Å². The van der Waals surface area contributed by atoms with Crippen molar-refractivity contribution in [3.8, 4) is 12.0 Å². The lowest BCUT2D eigenvalue weighted by Crippen LogP contribution is -2.16. The molecule has 6 heteroatoms. The van der Waals surface area contributed by atoms with Gasteiger partial charge in [0, 0.05) is 0 Å². The van der Waals surface area contributed by atoms with Gasteiger partial charge in [0.25, 0.3) is 0 Å². The Hall–Kier alpha value is -3.15. The second kappa shape index (κ2) is 8.92. The van der Waals surface area contributed by atoms with Gasteiger partial charge in [-0.2, -0.15) is 0 Å². The molecule has 0 saturated carbocycles. The molecule has 3 rings (SSSR count). The van der Waals surface area contributed by atoms with E-state index in [1.54, 1.807) is 0 Å². The van der Waals surface area contributed by atoms with Crippen molar-refractivity contribution in [1.82, 2.24) is 15.0 Å². The summed E-state index contributed by atoms with van der Waals surface area (Å²) in [7, 11) is 0. The second-order valence-electron chi connectivity index (χ2n) is 9.71. The topological polar surface area (TPSA) is 77.1 Å². The van der Waals surface area contributed by atoms with Crippen LogP contribution in [0.15, 0.2) is 53.3 Å². The maximum Gasteiger partial charge on any atom is 0.353 e. The van der Waals surface area contributed by atoms with Crippen molar-refractivity contribution < 1.29 is 9.47 Å². The third kappa shape index (κ3) is 6.41. The smallest absolute Gasteiger partial charge is 0.353 e. The first-order chi connectivity index (χ1) is 14.5. The number of aromatic nitrogens is 3. The van der Waals surface area contributed by atoms with Crippen molar-refractivity contribution in [2.75, 3.05) is 0 Å². The summed E-state index contributed by atoms with van der Waals surface area (Å²) in [5.41, 5.74) is 4.07. The van der Waals surface area contributed by atoms with Crippen LogP contribution < -0.4 is 15.2 Å². The van der Waals surface area contributed by atoms with Gasteiger partial charge in [-0.05, 0) is 33.1 Å². The van der Waals surface area contributed by atoms with E-state index in [0.29, 0.717) is 0 Å². The van der Waals surface area contributed by atoms with Gasteiger partial charge in [0.1, 0.15) is 13.2 Å². The molecule has 1 N–H and O–H groups in total. The van der Waals surface area contributed by atoms with Crippen molar-refractivity contribution in [2.24, 2.45) is 0 Å². The van der Waals surface area contributed by atoms with Crippen LogP contribution in [0.4, 0.5) is 0 Å². The normalized spacial score (nSPS) is 11.9. The molecular formula is C25H31N3O3. The van der Waals surface area contributed by atoms with Crippen molar-refractivity contribution in [2.45, 2.75) is 65.6 Å². The summed E-state index contributed by atoms with van der Waals surface area (Å²) in [6.07, 6.45) is 0. The monoisotopic (exact) mass is 421 g/mol. The zero-order valence-corrected chi connectivity index (χ0v) is 19.2. The van der Waals surface area contributed by atoms with Gasteiger partial charge in [0.15, 0.2) is 0 Å². The number of rotatable bonds is 6. The quantitative estimate of drug-likeness (QED) is 0.611. The van der Waals surface area contributed by atoms with E-state index in [-0.39, 0.29) is 36.1 Å². The molecule has 0 aliphatic carbocycles. The molecule has 0 fully saturated rings. The molecule has 0 unspecified atom stereocenters. The number of benzene rings is 2. The Bertz CT molecular complexity index is 975. The summed E-state index contributed by atoms with van der Waals surface area (Å²) in [4.78, 5) is 22.3. The van der Waals surface area contributed by atoms with Crippen molar-refractivity contribution in [1.29, 1.82) is 0 Å². The largest absolute Gasteiger partial charge is 0.460 e. The van der Waals surface area contributed by atoms with Gasteiger partial charge in [-0.25, -0.2) is 4.79 Å². The first-order valence-corrected chi connectivity index (χ1v) is 10.4. The minimum absolute atomic E-state index is 0.0123. The predicted octanol–water partition coefficient (Wildman–Crippen LogP) is 4.92. The van der Waals surface area contributed by atoms with E-state index >= 15 is 0 Å². The lowest BCUT2D eigenvalue weighted by molar-refractivity contribution is 0.247. The number of nitrogens with one attached hydrogen (secondary N) is 1. The third-order valence-corrected chi connectivity index (χ3v) is 4.99. The standard InChI is InChI=1S/C25H31N3O3/c1-24(2,3)19-11-7-17(8-12-19)15-30-22-26-21(29)27-23(28-22)31-16-18-9-13-20(14-10-18)25(4,5)6/h7-14H,15-16H2,1-6H3,(H,26,27,28,29). The minimum atomic E-state index is -0.564. The average molecular weight is 422 g/mol. The number of ether oxygens (including phenoxy) is 2. The van der Waals surface area contributed by atoms with Gasteiger partial charge in [-0.1, -0.05) is 90.1 Å². The fourth-order valence-electron chi connectivity index (χ4n) is 2.98. The van der Waals surface area contributed by atoms with E-state index in [2.05, 4.69) is 80.8 Å². The Morgan fingerprint density at radius 3 is 1.61 bits per heavy atom. The highest BCUT2D eigenvalue weighted by molar-refractivity contribution is 5.28. The minimum Gasteiger partial charge on any atom is -0.460 e. The molecule has 2 aromatic carbocycles. The number of H-pyrrole nitrogens is 1. The lowest BCUT2D eigenvalue weighted by Gasteiger charge is -2.19. The summed E-state index contributed by atoms with van der Waals surface area (Å²) in [6.45, 7) is 13.6. The molecule has 0 atom stereocenters. The van der Waals surface area contributed by atoms with E-state index in [1.807, 2.05) is 24.3 Å². The van der Waals surface area contributed by atoms with Gasteiger partial charge in [-0.15, -0.1) is 9.97 Å². The number of aromatic amines is 1. The van der Waals surface area contributed by atoms with E-state index in [0.717, 1.165) is 11.1 Å². The van der Waals surface area contributed by atoms with Crippen LogP contribution in [0.3, 0.4) is 0 Å². The number of nitrogens with zero attached hydrogens (tertiary/aromatic N) is 2. The van der Waals surface area contributed by atoms with Crippen LogP contribution in [0.5, 0.6) is 12.0 Å². The average Bonchev–Trinajstić information content (AvgIpc) is 2.70. The summed E-state index contributed by atoms with van der Waals surface area (Å²) in [5, 5.41) is 0. The van der Waals surface area contributed by atoms with E-state index in [4.69, 9.17) is 9.47 Å². The number of hydrogen-bond donors (Lipinski definition) is 1. The van der Waals surface area contributed by atoms with Crippen LogP contribution in [-0.4, -0.2) is 15.0 Å². The van der Waals surface area contributed by atoms with Crippen LogP contribution in [0, 0.1) is 0 Å². The number of hydrogen-bond acceptors (Lipinski definition) is 5. The lowest BCUT2D eigenvalue weighted by atomic mass is 9.87. The van der Waals surface area contributed by atoms with Gasteiger partial charge in [0.2, 0.25) is 0 Å². The van der Waals surface area contributed by atoms with Crippen molar-refractivity contribution in [3.05, 3.63) is 81.3 Å². The van der Waals surface area contributed by atoms with Crippen LogP contribution in [0.1, 0.15) is 63.8 Å². The molecule has 0 amide bonds. The molecular weight excluding hydrogens is 390 g/mol. The maximum atomic E-state index is 11.9. The molecule has 0 aliphatic heterocycles. The first kappa shape index (κ1) is 22.5. The molecule has 0 radical (unpaired) electrons. The Kier molecular flexibility index (Phi) is 6.48. The van der Waals surface area contributed by atoms with Crippen molar-refractivity contribution in [3.63, 3.8) is 0 Å². The molecule has 0 spiro atoms. The Labute approximate surface area is 183 Å². The SMILES string of the molecule is CC(C)(C)c1ccc(COc2nc(OCc3ccc(C(C)(C)C)cc3)[nH]c(=O)n2)cc1. The fourth-order valence-corrected chi connectivity index (χ4v) is 2.98. The third-order valence-electron chi connectivity index (χ3n) is 4.99. The predicted molar refractivity (Wildman–Crippen MR) is 122 cm³/mol. The summed E-state index contributed by atoms with van der Waals surface area (Å²) in [6, 6.07) is 16.4. The summed E-state index contributed by atoms with van der Waals surface area (Å²) < 4.78 is 11.3. The van der Waals surface area contributed by atoms with Crippen LogP contribution in [0.2, 0.25) is 0 Å². The van der Waals surface area contributed by atoms with E-state index in [9.17, 15) is 4.79 Å². The van der Waals surface area contributed by atoms with E-state index in [1.165, 1.54) is 11.1 Å². The Morgan fingerprint density at radius 2 is 1.16 bits per heavy atom. The highest BCUT2D eigenvalue weighted by atomic mass is 16.5.